The minimum absolute atomic E-state index is 0.00320. The third-order valence-electron chi connectivity index (χ3n) is 5.28. The molecule has 1 aliphatic rings. The summed E-state index contributed by atoms with van der Waals surface area (Å²) in [5.74, 6) is 0.631. The number of nitrogens with zero attached hydrogens (tertiary/aromatic N) is 4. The average molecular weight is 372 g/mol. The summed E-state index contributed by atoms with van der Waals surface area (Å²) in [5, 5.41) is 0. The van der Waals surface area contributed by atoms with Crippen molar-refractivity contribution in [1.29, 1.82) is 0 Å². The Morgan fingerprint density at radius 3 is 2.32 bits per heavy atom. The van der Waals surface area contributed by atoms with Gasteiger partial charge in [-0.2, -0.15) is 0 Å². The Hall–Kier alpha value is -3.21. The molecule has 1 saturated heterocycles. The lowest BCUT2D eigenvalue weighted by Crippen LogP contribution is -2.54. The second-order valence-electron chi connectivity index (χ2n) is 7.24. The smallest absolute Gasteiger partial charge is 0.257 e. The van der Waals surface area contributed by atoms with Gasteiger partial charge in [-0.1, -0.05) is 48.5 Å². The second kappa shape index (κ2) is 7.80. The van der Waals surface area contributed by atoms with Crippen molar-refractivity contribution in [3.63, 3.8) is 0 Å². The van der Waals surface area contributed by atoms with Crippen LogP contribution in [0.4, 0.5) is 5.69 Å². The number of amides is 1. The van der Waals surface area contributed by atoms with Gasteiger partial charge in [0, 0.05) is 49.3 Å². The van der Waals surface area contributed by atoms with Crippen molar-refractivity contribution >= 4 is 11.6 Å². The molecule has 0 bridgehead atoms. The standard InChI is InChI=1S/C23H24N4O/c1-17-8-6-7-11-21(17)26-12-13-27(18(2)16-26)23(28)20-14-24-22(25-15-20)19-9-4-3-5-10-19/h3-11,14-15,18H,12-13,16H2,1-2H3/t18-/m1/s1. The average Bonchev–Trinajstić information content (AvgIpc) is 2.74. The van der Waals surface area contributed by atoms with Crippen LogP contribution in [0.1, 0.15) is 22.8 Å². The van der Waals surface area contributed by atoms with E-state index in [2.05, 4.69) is 53.0 Å². The first kappa shape index (κ1) is 18.2. The van der Waals surface area contributed by atoms with Crippen LogP contribution >= 0.6 is 0 Å². The largest absolute Gasteiger partial charge is 0.367 e. The fourth-order valence-electron chi connectivity index (χ4n) is 3.74. The summed E-state index contributed by atoms with van der Waals surface area (Å²) in [7, 11) is 0. The molecule has 0 spiro atoms. The number of para-hydroxylation sites is 1. The monoisotopic (exact) mass is 372 g/mol. The third-order valence-corrected chi connectivity index (χ3v) is 5.28. The lowest BCUT2D eigenvalue weighted by atomic mass is 10.1. The molecular weight excluding hydrogens is 348 g/mol. The molecular formula is C23H24N4O. The van der Waals surface area contributed by atoms with E-state index in [1.807, 2.05) is 35.2 Å². The highest BCUT2D eigenvalue weighted by Gasteiger charge is 2.29. The zero-order chi connectivity index (χ0) is 19.5. The predicted molar refractivity (Wildman–Crippen MR) is 111 cm³/mol. The molecule has 0 saturated carbocycles. The zero-order valence-corrected chi connectivity index (χ0v) is 16.2. The number of carbonyl (C=O) groups is 1. The molecule has 1 amide bonds. The Labute approximate surface area is 165 Å². The summed E-state index contributed by atoms with van der Waals surface area (Å²) in [6.07, 6.45) is 3.27. The van der Waals surface area contributed by atoms with E-state index in [1.54, 1.807) is 12.4 Å². The molecule has 2 heterocycles. The molecule has 2 aromatic carbocycles. The summed E-state index contributed by atoms with van der Waals surface area (Å²) in [4.78, 5) is 26.1. The molecule has 0 radical (unpaired) electrons. The van der Waals surface area contributed by atoms with Crippen molar-refractivity contribution in [3.05, 3.63) is 78.1 Å². The van der Waals surface area contributed by atoms with Crippen molar-refractivity contribution in [2.24, 2.45) is 0 Å². The number of hydrogen-bond donors (Lipinski definition) is 0. The number of rotatable bonds is 3. The zero-order valence-electron chi connectivity index (χ0n) is 16.2. The van der Waals surface area contributed by atoms with E-state index in [4.69, 9.17) is 0 Å². The Morgan fingerprint density at radius 1 is 0.964 bits per heavy atom. The van der Waals surface area contributed by atoms with Gasteiger partial charge in [0.05, 0.1) is 5.56 Å². The van der Waals surface area contributed by atoms with Crippen LogP contribution in [0.5, 0.6) is 0 Å². The van der Waals surface area contributed by atoms with Gasteiger partial charge >= 0.3 is 0 Å². The Balaban J connectivity index is 1.46. The summed E-state index contributed by atoms with van der Waals surface area (Å²) in [6.45, 7) is 6.56. The van der Waals surface area contributed by atoms with Crippen LogP contribution in [-0.2, 0) is 0 Å². The molecule has 3 aromatic rings. The number of benzene rings is 2. The number of piperazine rings is 1. The molecule has 5 heteroatoms. The van der Waals surface area contributed by atoms with Gasteiger partial charge in [-0.15, -0.1) is 0 Å². The summed E-state index contributed by atoms with van der Waals surface area (Å²) in [6, 6.07) is 18.3. The number of aromatic nitrogens is 2. The second-order valence-corrected chi connectivity index (χ2v) is 7.24. The van der Waals surface area contributed by atoms with E-state index in [-0.39, 0.29) is 11.9 Å². The van der Waals surface area contributed by atoms with Gasteiger partial charge in [-0.05, 0) is 25.5 Å². The number of aryl methyl sites for hydroxylation is 1. The summed E-state index contributed by atoms with van der Waals surface area (Å²) in [5.41, 5.74) is 3.99. The van der Waals surface area contributed by atoms with E-state index in [0.717, 1.165) is 18.7 Å². The van der Waals surface area contributed by atoms with Crippen molar-refractivity contribution in [3.8, 4) is 11.4 Å². The molecule has 1 fully saturated rings. The van der Waals surface area contributed by atoms with Gasteiger partial charge in [0.25, 0.3) is 5.91 Å². The number of hydrogen-bond acceptors (Lipinski definition) is 4. The molecule has 0 aliphatic carbocycles. The van der Waals surface area contributed by atoms with Crippen LogP contribution in [0, 0.1) is 6.92 Å². The van der Waals surface area contributed by atoms with Gasteiger partial charge in [0.15, 0.2) is 5.82 Å². The van der Waals surface area contributed by atoms with E-state index in [1.165, 1.54) is 11.3 Å². The minimum Gasteiger partial charge on any atom is -0.367 e. The Bertz CT molecular complexity index is 956. The van der Waals surface area contributed by atoms with Crippen LogP contribution in [-0.4, -0.2) is 46.5 Å². The lowest BCUT2D eigenvalue weighted by molar-refractivity contribution is 0.0673. The normalized spacial score (nSPS) is 16.9. The Kier molecular flexibility index (Phi) is 5.06. The molecule has 1 aromatic heterocycles. The first-order chi connectivity index (χ1) is 13.6. The first-order valence-corrected chi connectivity index (χ1v) is 9.62. The molecule has 28 heavy (non-hydrogen) atoms. The Morgan fingerprint density at radius 2 is 1.64 bits per heavy atom. The van der Waals surface area contributed by atoms with Gasteiger partial charge in [0.2, 0.25) is 0 Å². The van der Waals surface area contributed by atoms with Gasteiger partial charge in [0.1, 0.15) is 0 Å². The highest BCUT2D eigenvalue weighted by atomic mass is 16.2. The molecule has 142 valence electrons. The quantitative estimate of drug-likeness (QED) is 0.702. The van der Waals surface area contributed by atoms with Crippen molar-refractivity contribution in [2.45, 2.75) is 19.9 Å². The van der Waals surface area contributed by atoms with E-state index < -0.39 is 0 Å². The van der Waals surface area contributed by atoms with Gasteiger partial charge in [-0.25, -0.2) is 9.97 Å². The maximum absolute atomic E-state index is 13.0. The summed E-state index contributed by atoms with van der Waals surface area (Å²) >= 11 is 0. The SMILES string of the molecule is Cc1ccccc1N1CCN(C(=O)c2cnc(-c3ccccc3)nc2)[C@H](C)C1. The van der Waals surface area contributed by atoms with Gasteiger partial charge in [-0.3, -0.25) is 4.79 Å². The van der Waals surface area contributed by atoms with Gasteiger partial charge < -0.3 is 9.80 Å². The van der Waals surface area contributed by atoms with E-state index in [9.17, 15) is 4.79 Å². The molecule has 5 nitrogen and oxygen atoms in total. The molecule has 0 N–H and O–H groups in total. The lowest BCUT2D eigenvalue weighted by Gasteiger charge is -2.41. The highest BCUT2D eigenvalue weighted by Crippen LogP contribution is 2.24. The summed E-state index contributed by atoms with van der Waals surface area (Å²) < 4.78 is 0. The fraction of sp³-hybridized carbons (Fsp3) is 0.261. The van der Waals surface area contributed by atoms with Crippen molar-refractivity contribution < 1.29 is 4.79 Å². The van der Waals surface area contributed by atoms with E-state index in [0.29, 0.717) is 17.9 Å². The third kappa shape index (κ3) is 3.60. The molecule has 4 rings (SSSR count). The van der Waals surface area contributed by atoms with Crippen LogP contribution < -0.4 is 4.90 Å². The highest BCUT2D eigenvalue weighted by molar-refractivity contribution is 5.94. The van der Waals surface area contributed by atoms with Crippen LogP contribution in [0.25, 0.3) is 11.4 Å². The van der Waals surface area contributed by atoms with E-state index >= 15 is 0 Å². The molecule has 1 aliphatic heterocycles. The first-order valence-electron chi connectivity index (χ1n) is 9.62. The maximum atomic E-state index is 13.0. The van der Waals surface area contributed by atoms with Crippen molar-refractivity contribution in [2.75, 3.05) is 24.5 Å². The number of carbonyl (C=O) groups excluding carboxylic acids is 1. The molecule has 0 unspecified atom stereocenters. The maximum Gasteiger partial charge on any atom is 0.257 e. The topological polar surface area (TPSA) is 49.3 Å². The predicted octanol–water partition coefficient (Wildman–Crippen LogP) is 3.80. The molecule has 1 atom stereocenters. The number of anilines is 1. The van der Waals surface area contributed by atoms with Crippen LogP contribution in [0.3, 0.4) is 0 Å². The van der Waals surface area contributed by atoms with Crippen LogP contribution in [0.2, 0.25) is 0 Å². The van der Waals surface area contributed by atoms with Crippen molar-refractivity contribution in [1.82, 2.24) is 14.9 Å². The minimum atomic E-state index is -0.00320. The fourth-order valence-corrected chi connectivity index (χ4v) is 3.74. The van der Waals surface area contributed by atoms with Crippen LogP contribution in [0.15, 0.2) is 67.0 Å².